The van der Waals surface area contributed by atoms with Gasteiger partial charge in [0, 0.05) is 6.20 Å². The molecular weight excluding hydrogens is 214 g/mol. The van der Waals surface area contributed by atoms with E-state index < -0.39 is 18.5 Å². The molecule has 6 nitrogen and oxygen atoms in total. The largest absolute Gasteiger partial charge is 0.465 e. The van der Waals surface area contributed by atoms with Crippen molar-refractivity contribution in [2.75, 3.05) is 14.2 Å². The van der Waals surface area contributed by atoms with E-state index in [1.807, 2.05) is 0 Å². The number of ether oxygens (including phenoxy) is 2. The van der Waals surface area contributed by atoms with Crippen molar-refractivity contribution in [3.63, 3.8) is 0 Å². The van der Waals surface area contributed by atoms with Gasteiger partial charge in [-0.15, -0.1) is 0 Å². The number of rotatable bonds is 3. The van der Waals surface area contributed by atoms with Crippen molar-refractivity contribution in [2.24, 2.45) is 0 Å². The first-order valence-corrected chi connectivity index (χ1v) is 4.40. The highest BCUT2D eigenvalue weighted by Gasteiger charge is 2.15. The summed E-state index contributed by atoms with van der Waals surface area (Å²) in [6.07, 6.45) is 1.17. The number of carbonyl (C=O) groups is 2. The number of esters is 2. The standard InChI is InChI=1S/C10H11NO5/c1-15-9(13)7-4-11-8(10(14)16-2)3-6(7)5-12/h3-4,12H,5H2,1-2H3. The minimum absolute atomic E-state index is 0.0270. The van der Waals surface area contributed by atoms with Gasteiger partial charge in [0.15, 0.2) is 0 Å². The van der Waals surface area contributed by atoms with E-state index in [-0.39, 0.29) is 16.8 Å². The number of aliphatic hydroxyl groups excluding tert-OH is 1. The third kappa shape index (κ3) is 2.34. The quantitative estimate of drug-likeness (QED) is 0.737. The van der Waals surface area contributed by atoms with E-state index in [1.165, 1.54) is 26.5 Å². The number of aliphatic hydroxyl groups is 1. The lowest BCUT2D eigenvalue weighted by Gasteiger charge is -2.06. The lowest BCUT2D eigenvalue weighted by atomic mass is 10.1. The molecule has 6 heteroatoms. The molecule has 0 aromatic carbocycles. The fourth-order valence-corrected chi connectivity index (χ4v) is 1.14. The van der Waals surface area contributed by atoms with Crippen LogP contribution in [-0.4, -0.2) is 36.2 Å². The molecule has 0 spiro atoms. The Labute approximate surface area is 91.8 Å². The highest BCUT2D eigenvalue weighted by atomic mass is 16.5. The zero-order valence-corrected chi connectivity index (χ0v) is 8.89. The van der Waals surface area contributed by atoms with Gasteiger partial charge in [-0.25, -0.2) is 14.6 Å². The summed E-state index contributed by atoms with van der Waals surface area (Å²) in [6.45, 7) is -0.392. The maximum absolute atomic E-state index is 11.3. The van der Waals surface area contributed by atoms with Crippen LogP contribution in [0, 0.1) is 0 Å². The van der Waals surface area contributed by atoms with Gasteiger partial charge in [-0.2, -0.15) is 0 Å². The topological polar surface area (TPSA) is 85.7 Å². The Morgan fingerprint density at radius 2 is 1.94 bits per heavy atom. The maximum Gasteiger partial charge on any atom is 0.356 e. The van der Waals surface area contributed by atoms with Crippen molar-refractivity contribution in [1.29, 1.82) is 0 Å². The summed E-state index contributed by atoms with van der Waals surface area (Å²) in [4.78, 5) is 26.1. The highest BCUT2D eigenvalue weighted by molar-refractivity contribution is 5.93. The Morgan fingerprint density at radius 1 is 1.31 bits per heavy atom. The fraction of sp³-hybridized carbons (Fsp3) is 0.300. The molecule has 1 aromatic heterocycles. The highest BCUT2D eigenvalue weighted by Crippen LogP contribution is 2.11. The smallest absolute Gasteiger partial charge is 0.356 e. The van der Waals surface area contributed by atoms with Gasteiger partial charge in [-0.3, -0.25) is 0 Å². The molecule has 1 aromatic rings. The number of pyridine rings is 1. The van der Waals surface area contributed by atoms with Gasteiger partial charge in [0.05, 0.1) is 26.4 Å². The van der Waals surface area contributed by atoms with Crippen LogP contribution in [0.3, 0.4) is 0 Å². The zero-order chi connectivity index (χ0) is 12.1. The molecule has 0 aliphatic rings. The Balaban J connectivity index is 3.16. The SMILES string of the molecule is COC(=O)c1cc(CO)c(C(=O)OC)cn1. The number of methoxy groups -OCH3 is 2. The van der Waals surface area contributed by atoms with Gasteiger partial charge >= 0.3 is 11.9 Å². The number of hydrogen-bond donors (Lipinski definition) is 1. The Hall–Kier alpha value is -1.95. The fourth-order valence-electron chi connectivity index (χ4n) is 1.14. The second kappa shape index (κ2) is 5.22. The summed E-state index contributed by atoms with van der Waals surface area (Å²) >= 11 is 0. The van der Waals surface area contributed by atoms with Crippen molar-refractivity contribution in [3.05, 3.63) is 29.1 Å². The van der Waals surface area contributed by atoms with Crippen molar-refractivity contribution < 1.29 is 24.2 Å². The summed E-state index contributed by atoms with van der Waals surface area (Å²) in [5.41, 5.74) is 0.416. The first-order chi connectivity index (χ1) is 7.63. The van der Waals surface area contributed by atoms with Crippen LogP contribution in [0.5, 0.6) is 0 Å². The van der Waals surface area contributed by atoms with Crippen molar-refractivity contribution in [1.82, 2.24) is 4.98 Å². The van der Waals surface area contributed by atoms with E-state index in [1.54, 1.807) is 0 Å². The monoisotopic (exact) mass is 225 g/mol. The molecule has 0 amide bonds. The summed E-state index contributed by atoms with van der Waals surface area (Å²) < 4.78 is 8.96. The van der Waals surface area contributed by atoms with Crippen molar-refractivity contribution in [3.8, 4) is 0 Å². The second-order valence-electron chi connectivity index (χ2n) is 2.87. The summed E-state index contributed by atoms with van der Waals surface area (Å²) in [5, 5.41) is 9.05. The average molecular weight is 225 g/mol. The van der Waals surface area contributed by atoms with Crippen LogP contribution in [0.25, 0.3) is 0 Å². The van der Waals surface area contributed by atoms with Crippen molar-refractivity contribution in [2.45, 2.75) is 6.61 Å². The number of aromatic nitrogens is 1. The van der Waals surface area contributed by atoms with Crippen LogP contribution in [0.2, 0.25) is 0 Å². The molecule has 86 valence electrons. The van der Waals surface area contributed by atoms with Crippen LogP contribution in [0.1, 0.15) is 26.4 Å². The molecule has 0 saturated heterocycles. The minimum Gasteiger partial charge on any atom is -0.465 e. The van der Waals surface area contributed by atoms with Gasteiger partial charge in [-0.05, 0) is 11.6 Å². The molecule has 16 heavy (non-hydrogen) atoms. The molecule has 1 heterocycles. The average Bonchev–Trinajstić information content (AvgIpc) is 2.35. The van der Waals surface area contributed by atoms with Gasteiger partial charge in [0.2, 0.25) is 0 Å². The lowest BCUT2D eigenvalue weighted by molar-refractivity contribution is 0.0578. The van der Waals surface area contributed by atoms with E-state index in [9.17, 15) is 9.59 Å². The second-order valence-corrected chi connectivity index (χ2v) is 2.87. The molecule has 0 fully saturated rings. The van der Waals surface area contributed by atoms with Crippen molar-refractivity contribution >= 4 is 11.9 Å². The van der Waals surface area contributed by atoms with Crippen LogP contribution in [-0.2, 0) is 16.1 Å². The van der Waals surface area contributed by atoms with E-state index in [2.05, 4.69) is 14.5 Å². The third-order valence-corrected chi connectivity index (χ3v) is 1.96. The molecule has 0 radical (unpaired) electrons. The normalized spacial score (nSPS) is 9.69. The van der Waals surface area contributed by atoms with E-state index >= 15 is 0 Å². The van der Waals surface area contributed by atoms with Gasteiger partial charge in [-0.1, -0.05) is 0 Å². The van der Waals surface area contributed by atoms with Crippen LogP contribution in [0.4, 0.5) is 0 Å². The lowest BCUT2D eigenvalue weighted by Crippen LogP contribution is -2.11. The molecule has 0 atom stereocenters. The van der Waals surface area contributed by atoms with Crippen LogP contribution >= 0.6 is 0 Å². The minimum atomic E-state index is -0.633. The van der Waals surface area contributed by atoms with Gasteiger partial charge < -0.3 is 14.6 Å². The molecule has 0 saturated carbocycles. The van der Waals surface area contributed by atoms with E-state index in [0.29, 0.717) is 0 Å². The molecule has 1 N–H and O–H groups in total. The van der Waals surface area contributed by atoms with Gasteiger partial charge in [0.25, 0.3) is 0 Å². The van der Waals surface area contributed by atoms with E-state index in [0.717, 1.165) is 0 Å². The molecule has 0 unspecified atom stereocenters. The summed E-state index contributed by atoms with van der Waals surface area (Å²) in [6, 6.07) is 1.29. The molecular formula is C10H11NO5. The summed E-state index contributed by atoms with van der Waals surface area (Å²) in [7, 11) is 2.44. The van der Waals surface area contributed by atoms with E-state index in [4.69, 9.17) is 5.11 Å². The number of nitrogens with zero attached hydrogens (tertiary/aromatic N) is 1. The predicted octanol–water partition coefficient (Wildman–Crippen LogP) is 0.147. The molecule has 0 aliphatic carbocycles. The Kier molecular flexibility index (Phi) is 3.96. The Bertz CT molecular complexity index is 416. The number of carbonyl (C=O) groups excluding carboxylic acids is 2. The van der Waals surface area contributed by atoms with Gasteiger partial charge in [0.1, 0.15) is 5.69 Å². The molecule has 0 aliphatic heterocycles. The summed E-state index contributed by atoms with van der Waals surface area (Å²) in [5.74, 6) is -1.25. The van der Waals surface area contributed by atoms with Crippen LogP contribution < -0.4 is 0 Å². The first kappa shape index (κ1) is 12.1. The Morgan fingerprint density at radius 3 is 2.44 bits per heavy atom. The third-order valence-electron chi connectivity index (χ3n) is 1.96. The first-order valence-electron chi connectivity index (χ1n) is 4.40. The molecule has 1 rings (SSSR count). The maximum atomic E-state index is 11.3. The zero-order valence-electron chi connectivity index (χ0n) is 8.89. The number of hydrogen-bond acceptors (Lipinski definition) is 6. The van der Waals surface area contributed by atoms with Crippen LogP contribution in [0.15, 0.2) is 12.3 Å². The predicted molar refractivity (Wildman–Crippen MR) is 52.8 cm³/mol. The molecule has 0 bridgehead atoms.